The zero-order chi connectivity index (χ0) is 24.0. The summed E-state index contributed by atoms with van der Waals surface area (Å²) in [5.74, 6) is -0.125. The lowest BCUT2D eigenvalue weighted by Crippen LogP contribution is -2.40. The van der Waals surface area contributed by atoms with Crippen LogP contribution in [0, 0.1) is 6.92 Å². The molecule has 4 rings (SSSR count). The molecule has 2 aliphatic rings. The summed E-state index contributed by atoms with van der Waals surface area (Å²) in [5.41, 5.74) is 2.68. The molecule has 2 aliphatic heterocycles. The average molecular weight is 487 g/mol. The molecule has 184 valence electrons. The van der Waals surface area contributed by atoms with Crippen molar-refractivity contribution in [1.29, 1.82) is 0 Å². The Hall–Kier alpha value is -2.30. The molecule has 34 heavy (non-hydrogen) atoms. The van der Waals surface area contributed by atoms with E-state index >= 15 is 0 Å². The molecule has 9 heteroatoms. The van der Waals surface area contributed by atoms with Crippen molar-refractivity contribution >= 4 is 21.6 Å². The van der Waals surface area contributed by atoms with Gasteiger partial charge >= 0.3 is 0 Å². The number of hydrogen-bond acceptors (Lipinski definition) is 6. The van der Waals surface area contributed by atoms with E-state index in [2.05, 4.69) is 39.4 Å². The fraction of sp³-hybridized carbons (Fsp3) is 0.480. The van der Waals surface area contributed by atoms with Crippen LogP contribution in [0.1, 0.15) is 17.5 Å². The van der Waals surface area contributed by atoms with Crippen molar-refractivity contribution in [3.63, 3.8) is 0 Å². The van der Waals surface area contributed by atoms with Gasteiger partial charge in [0.25, 0.3) is 0 Å². The van der Waals surface area contributed by atoms with E-state index in [1.54, 1.807) is 18.2 Å². The van der Waals surface area contributed by atoms with Crippen LogP contribution in [-0.2, 0) is 26.1 Å². The number of benzene rings is 2. The molecule has 2 heterocycles. The molecule has 8 nitrogen and oxygen atoms in total. The van der Waals surface area contributed by atoms with Gasteiger partial charge in [0.1, 0.15) is 0 Å². The number of sulfonamides is 1. The number of carbonyl (C=O) groups excluding carboxylic acids is 1. The number of nitrogens with zero attached hydrogens (tertiary/aromatic N) is 3. The number of nitrogens with one attached hydrogen (secondary N) is 1. The lowest BCUT2D eigenvalue weighted by atomic mass is 10.2. The Kier molecular flexibility index (Phi) is 8.33. The first kappa shape index (κ1) is 24.8. The van der Waals surface area contributed by atoms with E-state index in [4.69, 9.17) is 4.74 Å². The van der Waals surface area contributed by atoms with Crippen LogP contribution in [0.25, 0.3) is 0 Å². The van der Waals surface area contributed by atoms with E-state index in [-0.39, 0.29) is 10.8 Å². The second-order valence-electron chi connectivity index (χ2n) is 8.93. The standard InChI is InChI=1S/C25H34N4O4S/c1-21-8-9-23(34(31,32)29-14-16-33-17-15-29)18-24(21)26-25(30)20-28-11-5-10-27(12-13-28)19-22-6-3-2-4-7-22/h2-4,6-9,18H,5,10-17,19-20H2,1H3,(H,26,30). The molecule has 0 aliphatic carbocycles. The first-order valence-corrected chi connectivity index (χ1v) is 13.3. The van der Waals surface area contributed by atoms with Crippen LogP contribution >= 0.6 is 0 Å². The summed E-state index contributed by atoms with van der Waals surface area (Å²) in [4.78, 5) is 17.6. The van der Waals surface area contributed by atoms with Crippen molar-refractivity contribution < 1.29 is 17.9 Å². The van der Waals surface area contributed by atoms with Gasteiger partial charge in [0.05, 0.1) is 24.7 Å². The van der Waals surface area contributed by atoms with Gasteiger partial charge in [0.2, 0.25) is 15.9 Å². The Balaban J connectivity index is 1.34. The maximum Gasteiger partial charge on any atom is 0.243 e. The van der Waals surface area contributed by atoms with E-state index < -0.39 is 10.0 Å². The molecule has 1 amide bonds. The molecule has 0 aromatic heterocycles. The molecule has 0 unspecified atom stereocenters. The number of morpholine rings is 1. The summed E-state index contributed by atoms with van der Waals surface area (Å²) in [7, 11) is -3.62. The Morgan fingerprint density at radius 1 is 0.941 bits per heavy atom. The van der Waals surface area contributed by atoms with E-state index in [1.165, 1.54) is 9.87 Å². The van der Waals surface area contributed by atoms with Gasteiger partial charge in [-0.3, -0.25) is 14.6 Å². The first-order valence-electron chi connectivity index (χ1n) is 11.9. The smallest absolute Gasteiger partial charge is 0.243 e. The third-order valence-electron chi connectivity index (χ3n) is 6.39. The Morgan fingerprint density at radius 3 is 2.41 bits per heavy atom. The molecule has 0 spiro atoms. The molecular weight excluding hydrogens is 452 g/mol. The number of anilines is 1. The van der Waals surface area contributed by atoms with Crippen molar-refractivity contribution in [2.45, 2.75) is 24.8 Å². The SMILES string of the molecule is Cc1ccc(S(=O)(=O)N2CCOCC2)cc1NC(=O)CN1CCCN(Cc2ccccc2)CC1. The largest absolute Gasteiger partial charge is 0.379 e. The minimum absolute atomic E-state index is 0.125. The summed E-state index contributed by atoms with van der Waals surface area (Å²) in [6, 6.07) is 15.4. The predicted molar refractivity (Wildman–Crippen MR) is 132 cm³/mol. The predicted octanol–water partition coefficient (Wildman–Crippen LogP) is 2.16. The molecule has 0 bridgehead atoms. The van der Waals surface area contributed by atoms with Crippen molar-refractivity contribution in [1.82, 2.24) is 14.1 Å². The first-order chi connectivity index (χ1) is 16.4. The second-order valence-corrected chi connectivity index (χ2v) is 10.9. The molecule has 0 saturated carbocycles. The topological polar surface area (TPSA) is 82.2 Å². The van der Waals surface area contributed by atoms with Crippen molar-refractivity contribution in [3.8, 4) is 0 Å². The molecule has 2 aromatic carbocycles. The molecule has 1 N–H and O–H groups in total. The number of rotatable bonds is 7. The Bertz CT molecular complexity index is 1070. The quantitative estimate of drug-likeness (QED) is 0.646. The third-order valence-corrected chi connectivity index (χ3v) is 8.28. The van der Waals surface area contributed by atoms with Crippen molar-refractivity contribution in [2.75, 3.05) is 64.3 Å². The maximum atomic E-state index is 13.0. The lowest BCUT2D eigenvalue weighted by Gasteiger charge is -2.26. The summed E-state index contributed by atoms with van der Waals surface area (Å²) in [5, 5.41) is 2.94. The zero-order valence-corrected chi connectivity index (χ0v) is 20.6. The van der Waals surface area contributed by atoms with Gasteiger partial charge < -0.3 is 10.1 Å². The number of amides is 1. The van der Waals surface area contributed by atoms with E-state index in [0.29, 0.717) is 38.5 Å². The summed E-state index contributed by atoms with van der Waals surface area (Å²) in [6.45, 7) is 8.16. The highest BCUT2D eigenvalue weighted by molar-refractivity contribution is 7.89. The minimum Gasteiger partial charge on any atom is -0.379 e. The van der Waals surface area contributed by atoms with Crippen LogP contribution in [0.15, 0.2) is 53.4 Å². The van der Waals surface area contributed by atoms with Crippen LogP contribution in [0.2, 0.25) is 0 Å². The number of hydrogen-bond donors (Lipinski definition) is 1. The van der Waals surface area contributed by atoms with Gasteiger partial charge in [-0.1, -0.05) is 36.4 Å². The van der Waals surface area contributed by atoms with Crippen LogP contribution < -0.4 is 5.32 Å². The zero-order valence-electron chi connectivity index (χ0n) is 19.8. The third kappa shape index (κ3) is 6.43. The van der Waals surface area contributed by atoms with Crippen LogP contribution in [0.5, 0.6) is 0 Å². The lowest BCUT2D eigenvalue weighted by molar-refractivity contribution is -0.117. The van der Waals surface area contributed by atoms with Crippen molar-refractivity contribution in [2.24, 2.45) is 0 Å². The number of carbonyl (C=O) groups is 1. The number of aryl methyl sites for hydroxylation is 1. The fourth-order valence-corrected chi connectivity index (χ4v) is 5.84. The maximum absolute atomic E-state index is 13.0. The fourth-order valence-electron chi connectivity index (χ4n) is 4.41. The van der Waals surface area contributed by atoms with E-state index in [9.17, 15) is 13.2 Å². The van der Waals surface area contributed by atoms with Gasteiger partial charge in [0, 0.05) is 38.4 Å². The van der Waals surface area contributed by atoms with Gasteiger partial charge in [-0.05, 0) is 49.7 Å². The Labute approximate surface area is 202 Å². The van der Waals surface area contributed by atoms with Crippen LogP contribution in [0.3, 0.4) is 0 Å². The Morgan fingerprint density at radius 2 is 1.65 bits per heavy atom. The second kappa shape index (κ2) is 11.4. The van der Waals surface area contributed by atoms with Gasteiger partial charge in [-0.15, -0.1) is 0 Å². The highest BCUT2D eigenvalue weighted by atomic mass is 32.2. The summed E-state index contributed by atoms with van der Waals surface area (Å²) >= 11 is 0. The molecule has 0 radical (unpaired) electrons. The van der Waals surface area contributed by atoms with E-state index in [1.807, 2.05) is 13.0 Å². The van der Waals surface area contributed by atoms with Crippen LogP contribution in [-0.4, -0.2) is 87.5 Å². The number of ether oxygens (including phenoxy) is 1. The monoisotopic (exact) mass is 486 g/mol. The highest BCUT2D eigenvalue weighted by Gasteiger charge is 2.27. The average Bonchev–Trinajstić information content (AvgIpc) is 3.06. The molecule has 2 aromatic rings. The summed E-state index contributed by atoms with van der Waals surface area (Å²) < 4.78 is 32.7. The van der Waals surface area contributed by atoms with Crippen molar-refractivity contribution in [3.05, 3.63) is 59.7 Å². The van der Waals surface area contributed by atoms with E-state index in [0.717, 1.165) is 44.7 Å². The normalized spacial score (nSPS) is 19.0. The van der Waals surface area contributed by atoms with Crippen LogP contribution in [0.4, 0.5) is 5.69 Å². The van der Waals surface area contributed by atoms with Gasteiger partial charge in [-0.25, -0.2) is 8.42 Å². The van der Waals surface area contributed by atoms with Gasteiger partial charge in [-0.2, -0.15) is 4.31 Å². The molecule has 0 atom stereocenters. The molecular formula is C25H34N4O4S. The van der Waals surface area contributed by atoms with Gasteiger partial charge in [0.15, 0.2) is 0 Å². The minimum atomic E-state index is -3.62. The molecule has 2 fully saturated rings. The molecule has 2 saturated heterocycles. The summed E-state index contributed by atoms with van der Waals surface area (Å²) in [6.07, 6.45) is 1.01. The highest BCUT2D eigenvalue weighted by Crippen LogP contribution is 2.24.